The Morgan fingerprint density at radius 1 is 1.56 bits per heavy atom. The summed E-state index contributed by atoms with van der Waals surface area (Å²) < 4.78 is 0. The number of carbonyl (C=O) groups is 1. The van der Waals surface area contributed by atoms with Crippen LogP contribution in [0.5, 0.6) is 0 Å². The summed E-state index contributed by atoms with van der Waals surface area (Å²) in [6, 6.07) is 1.85. The number of nitrogens with two attached hydrogens (primary N) is 1. The van der Waals surface area contributed by atoms with E-state index in [0.717, 1.165) is 18.5 Å². The summed E-state index contributed by atoms with van der Waals surface area (Å²) in [5.41, 5.74) is 6.79. The van der Waals surface area contributed by atoms with E-state index in [9.17, 15) is 4.79 Å². The van der Waals surface area contributed by atoms with E-state index >= 15 is 0 Å². The van der Waals surface area contributed by atoms with Crippen LogP contribution in [0.25, 0.3) is 0 Å². The quantitative estimate of drug-likeness (QED) is 0.781. The van der Waals surface area contributed by atoms with Crippen molar-refractivity contribution in [2.45, 2.75) is 18.4 Å². The van der Waals surface area contributed by atoms with E-state index in [4.69, 9.17) is 5.73 Å². The third kappa shape index (κ3) is 1.99. The largest absolute Gasteiger partial charge is 0.376 e. The standard InChI is InChI=1S/C11H16N4O/c1-15(2)9-3-6-13-7-8(9)14-10(16)11(12)4-5-11/h3,6-7H,4-5,12H2,1-2H3,(H,14,16). The maximum Gasteiger partial charge on any atom is 0.244 e. The molecule has 1 aromatic heterocycles. The monoisotopic (exact) mass is 220 g/mol. The molecule has 0 aliphatic heterocycles. The first kappa shape index (κ1) is 10.9. The summed E-state index contributed by atoms with van der Waals surface area (Å²) in [4.78, 5) is 17.7. The van der Waals surface area contributed by atoms with Crippen molar-refractivity contribution in [1.82, 2.24) is 4.98 Å². The van der Waals surface area contributed by atoms with E-state index in [-0.39, 0.29) is 5.91 Å². The van der Waals surface area contributed by atoms with Gasteiger partial charge in [-0.25, -0.2) is 0 Å². The van der Waals surface area contributed by atoms with Gasteiger partial charge in [0, 0.05) is 20.3 Å². The third-order valence-electron chi connectivity index (χ3n) is 2.77. The van der Waals surface area contributed by atoms with Crippen LogP contribution in [0.3, 0.4) is 0 Å². The van der Waals surface area contributed by atoms with Crippen LogP contribution in [0.15, 0.2) is 18.5 Å². The van der Waals surface area contributed by atoms with Gasteiger partial charge in [-0.2, -0.15) is 0 Å². The molecule has 0 aromatic carbocycles. The average molecular weight is 220 g/mol. The number of rotatable bonds is 3. The predicted octanol–water partition coefficient (Wildman–Crippen LogP) is 0.577. The van der Waals surface area contributed by atoms with Crippen molar-refractivity contribution in [3.05, 3.63) is 18.5 Å². The van der Waals surface area contributed by atoms with E-state index in [0.29, 0.717) is 5.69 Å². The molecule has 1 aliphatic rings. The molecular weight excluding hydrogens is 204 g/mol. The van der Waals surface area contributed by atoms with Gasteiger partial charge in [0.25, 0.3) is 0 Å². The molecule has 0 atom stereocenters. The van der Waals surface area contributed by atoms with Crippen LogP contribution in [0.4, 0.5) is 11.4 Å². The highest BCUT2D eigenvalue weighted by Crippen LogP contribution is 2.34. The van der Waals surface area contributed by atoms with Crippen molar-refractivity contribution in [2.24, 2.45) is 5.73 Å². The molecule has 0 spiro atoms. The van der Waals surface area contributed by atoms with Gasteiger partial charge in [-0.15, -0.1) is 0 Å². The molecule has 5 nitrogen and oxygen atoms in total. The van der Waals surface area contributed by atoms with Crippen molar-refractivity contribution in [3.8, 4) is 0 Å². The molecule has 5 heteroatoms. The first-order chi connectivity index (χ1) is 7.53. The molecule has 2 rings (SSSR count). The van der Waals surface area contributed by atoms with E-state index in [1.165, 1.54) is 0 Å². The molecule has 1 heterocycles. The summed E-state index contributed by atoms with van der Waals surface area (Å²) in [5, 5.41) is 2.83. The normalized spacial score (nSPS) is 16.7. The molecular formula is C11H16N4O. The van der Waals surface area contributed by atoms with Crippen LogP contribution in [0.2, 0.25) is 0 Å². The van der Waals surface area contributed by atoms with Gasteiger partial charge in [-0.3, -0.25) is 9.78 Å². The number of pyridine rings is 1. The molecule has 0 bridgehead atoms. The van der Waals surface area contributed by atoms with Crippen LogP contribution >= 0.6 is 0 Å². The first-order valence-corrected chi connectivity index (χ1v) is 5.25. The molecule has 1 aliphatic carbocycles. The lowest BCUT2D eigenvalue weighted by Gasteiger charge is -2.18. The molecule has 86 valence electrons. The van der Waals surface area contributed by atoms with Crippen molar-refractivity contribution >= 4 is 17.3 Å². The second-order valence-corrected chi connectivity index (χ2v) is 4.40. The fraction of sp³-hybridized carbons (Fsp3) is 0.455. The van der Waals surface area contributed by atoms with E-state index in [1.807, 2.05) is 25.1 Å². The lowest BCUT2D eigenvalue weighted by molar-refractivity contribution is -0.118. The Balaban J connectivity index is 2.17. The van der Waals surface area contributed by atoms with Gasteiger partial charge in [0.15, 0.2) is 0 Å². The van der Waals surface area contributed by atoms with Gasteiger partial charge in [-0.1, -0.05) is 0 Å². The zero-order valence-corrected chi connectivity index (χ0v) is 9.53. The summed E-state index contributed by atoms with van der Waals surface area (Å²) in [7, 11) is 3.83. The molecule has 0 saturated heterocycles. The Hall–Kier alpha value is -1.62. The summed E-state index contributed by atoms with van der Waals surface area (Å²) >= 11 is 0. The Kier molecular flexibility index (Phi) is 2.55. The highest BCUT2D eigenvalue weighted by atomic mass is 16.2. The minimum absolute atomic E-state index is 0.122. The molecule has 0 radical (unpaired) electrons. The molecule has 1 fully saturated rings. The van der Waals surface area contributed by atoms with Crippen molar-refractivity contribution in [3.63, 3.8) is 0 Å². The zero-order chi connectivity index (χ0) is 11.8. The highest BCUT2D eigenvalue weighted by Gasteiger charge is 2.46. The van der Waals surface area contributed by atoms with E-state index < -0.39 is 5.54 Å². The summed E-state index contributed by atoms with van der Waals surface area (Å²) in [5.74, 6) is -0.122. The number of anilines is 2. The van der Waals surface area contributed by atoms with Crippen LogP contribution in [-0.4, -0.2) is 30.5 Å². The molecule has 1 aromatic rings. The summed E-state index contributed by atoms with van der Waals surface area (Å²) in [6.07, 6.45) is 4.85. The number of carbonyl (C=O) groups excluding carboxylic acids is 1. The SMILES string of the molecule is CN(C)c1ccncc1NC(=O)C1(N)CC1. The number of nitrogens with zero attached hydrogens (tertiary/aromatic N) is 2. The molecule has 3 N–H and O–H groups in total. The minimum Gasteiger partial charge on any atom is -0.376 e. The Bertz CT molecular complexity index is 412. The smallest absolute Gasteiger partial charge is 0.244 e. The fourth-order valence-corrected chi connectivity index (χ4v) is 1.48. The van der Waals surface area contributed by atoms with Crippen LogP contribution in [0.1, 0.15) is 12.8 Å². The minimum atomic E-state index is -0.653. The van der Waals surface area contributed by atoms with Crippen LogP contribution in [0, 0.1) is 0 Å². The number of amides is 1. The molecule has 0 unspecified atom stereocenters. The molecule has 1 saturated carbocycles. The fourth-order valence-electron chi connectivity index (χ4n) is 1.48. The number of hydrogen-bond acceptors (Lipinski definition) is 4. The Morgan fingerprint density at radius 3 is 2.81 bits per heavy atom. The lowest BCUT2D eigenvalue weighted by atomic mass is 10.2. The number of hydrogen-bond donors (Lipinski definition) is 2. The second-order valence-electron chi connectivity index (χ2n) is 4.40. The van der Waals surface area contributed by atoms with Gasteiger partial charge in [0.2, 0.25) is 5.91 Å². The summed E-state index contributed by atoms with van der Waals surface area (Å²) in [6.45, 7) is 0. The van der Waals surface area contributed by atoms with Crippen LogP contribution in [-0.2, 0) is 4.79 Å². The first-order valence-electron chi connectivity index (χ1n) is 5.25. The van der Waals surface area contributed by atoms with Crippen LogP contribution < -0.4 is 16.0 Å². The predicted molar refractivity (Wildman–Crippen MR) is 63.3 cm³/mol. The van der Waals surface area contributed by atoms with Gasteiger partial charge in [-0.05, 0) is 18.9 Å². The van der Waals surface area contributed by atoms with Crippen molar-refractivity contribution in [1.29, 1.82) is 0 Å². The third-order valence-corrected chi connectivity index (χ3v) is 2.77. The topological polar surface area (TPSA) is 71.2 Å². The van der Waals surface area contributed by atoms with Crippen molar-refractivity contribution < 1.29 is 4.79 Å². The second kappa shape index (κ2) is 3.75. The van der Waals surface area contributed by atoms with E-state index in [1.54, 1.807) is 12.4 Å². The van der Waals surface area contributed by atoms with Gasteiger partial charge >= 0.3 is 0 Å². The highest BCUT2D eigenvalue weighted by molar-refractivity contribution is 6.01. The average Bonchev–Trinajstić information content (AvgIpc) is 2.98. The van der Waals surface area contributed by atoms with Crippen molar-refractivity contribution in [2.75, 3.05) is 24.3 Å². The Morgan fingerprint density at radius 2 is 2.25 bits per heavy atom. The number of aromatic nitrogens is 1. The zero-order valence-electron chi connectivity index (χ0n) is 9.53. The van der Waals surface area contributed by atoms with Gasteiger partial charge in [0.05, 0.1) is 23.1 Å². The van der Waals surface area contributed by atoms with E-state index in [2.05, 4.69) is 10.3 Å². The molecule has 1 amide bonds. The number of nitrogens with one attached hydrogen (secondary N) is 1. The molecule has 16 heavy (non-hydrogen) atoms. The lowest BCUT2D eigenvalue weighted by Crippen LogP contribution is -2.38. The Labute approximate surface area is 94.6 Å². The van der Waals surface area contributed by atoms with Gasteiger partial charge in [0.1, 0.15) is 0 Å². The maximum atomic E-state index is 11.8. The maximum absolute atomic E-state index is 11.8. The van der Waals surface area contributed by atoms with Gasteiger partial charge < -0.3 is 16.0 Å².